The van der Waals surface area contributed by atoms with Crippen LogP contribution in [0.15, 0.2) is 0 Å². The Morgan fingerprint density at radius 1 is 1.53 bits per heavy atom. The van der Waals surface area contributed by atoms with Gasteiger partial charge in [-0.05, 0) is 27.2 Å². The van der Waals surface area contributed by atoms with Gasteiger partial charge < -0.3 is 15.3 Å². The third kappa shape index (κ3) is 2.57. The first-order valence-electron chi connectivity index (χ1n) is 5.65. The summed E-state index contributed by atoms with van der Waals surface area (Å²) in [5.74, 6) is -1.55. The number of carboxylic acid groups (broad SMARTS) is 1. The van der Waals surface area contributed by atoms with Crippen LogP contribution in [-0.4, -0.2) is 45.9 Å². The van der Waals surface area contributed by atoms with Crippen LogP contribution in [0, 0.1) is 0 Å². The zero-order chi connectivity index (χ0) is 13.2. The van der Waals surface area contributed by atoms with E-state index < -0.39 is 17.6 Å². The van der Waals surface area contributed by atoms with Crippen LogP contribution in [0.25, 0.3) is 0 Å². The van der Waals surface area contributed by atoms with Gasteiger partial charge in [0.15, 0.2) is 0 Å². The smallest absolute Gasteiger partial charge is 0.329 e. The topological polar surface area (TPSA) is 86.7 Å². The van der Waals surface area contributed by atoms with Gasteiger partial charge in [-0.1, -0.05) is 0 Å². The molecule has 0 saturated carbocycles. The molecule has 1 atom stereocenters. The van der Waals surface area contributed by atoms with Gasteiger partial charge in [0.25, 0.3) is 0 Å². The van der Waals surface area contributed by atoms with Crippen molar-refractivity contribution in [1.82, 2.24) is 10.2 Å². The van der Waals surface area contributed by atoms with Gasteiger partial charge in [-0.15, -0.1) is 0 Å². The second-order valence-electron chi connectivity index (χ2n) is 4.61. The molecule has 2 N–H and O–H groups in total. The summed E-state index contributed by atoms with van der Waals surface area (Å²) in [5.41, 5.74) is -1.26. The van der Waals surface area contributed by atoms with E-state index in [4.69, 9.17) is 5.11 Å². The van der Waals surface area contributed by atoms with Gasteiger partial charge in [0.2, 0.25) is 11.8 Å². The van der Waals surface area contributed by atoms with E-state index in [0.717, 1.165) is 0 Å². The number of hydrogen-bond acceptors (Lipinski definition) is 3. The summed E-state index contributed by atoms with van der Waals surface area (Å²) in [7, 11) is 0. The van der Waals surface area contributed by atoms with Gasteiger partial charge in [0.1, 0.15) is 11.6 Å². The first-order chi connectivity index (χ1) is 7.80. The zero-order valence-corrected chi connectivity index (χ0v) is 10.3. The van der Waals surface area contributed by atoms with Crippen molar-refractivity contribution in [2.24, 2.45) is 0 Å². The summed E-state index contributed by atoms with van der Waals surface area (Å²) in [4.78, 5) is 35.6. The number of carbonyl (C=O) groups excluding carboxylic acids is 2. The Labute approximate surface area is 100.0 Å². The molecule has 1 fully saturated rings. The van der Waals surface area contributed by atoms with Crippen molar-refractivity contribution in [1.29, 1.82) is 0 Å². The summed E-state index contributed by atoms with van der Waals surface area (Å²) >= 11 is 0. The van der Waals surface area contributed by atoms with E-state index in [9.17, 15) is 14.4 Å². The third-order valence-corrected chi connectivity index (χ3v) is 3.07. The van der Waals surface area contributed by atoms with Crippen LogP contribution in [0.3, 0.4) is 0 Å². The van der Waals surface area contributed by atoms with Crippen LogP contribution in [0.2, 0.25) is 0 Å². The van der Waals surface area contributed by atoms with Crippen LogP contribution in [0.1, 0.15) is 33.6 Å². The number of likely N-dealkylation sites (N-methyl/N-ethyl adjacent to an activating group) is 1. The maximum Gasteiger partial charge on any atom is 0.329 e. The van der Waals surface area contributed by atoms with E-state index in [2.05, 4.69) is 5.32 Å². The Bertz CT molecular complexity index is 351. The summed E-state index contributed by atoms with van der Waals surface area (Å²) in [6.45, 7) is 4.98. The lowest BCUT2D eigenvalue weighted by molar-refractivity contribution is -0.157. The van der Waals surface area contributed by atoms with Crippen molar-refractivity contribution in [3.8, 4) is 0 Å². The van der Waals surface area contributed by atoms with E-state index in [0.29, 0.717) is 19.4 Å². The monoisotopic (exact) mass is 242 g/mol. The highest BCUT2D eigenvalue weighted by Crippen LogP contribution is 2.19. The molecule has 0 spiro atoms. The number of hydrogen-bond donors (Lipinski definition) is 2. The van der Waals surface area contributed by atoms with Gasteiger partial charge in [0, 0.05) is 13.0 Å². The first kappa shape index (κ1) is 13.5. The molecule has 1 aliphatic rings. The number of carbonyl (C=O) groups is 3. The van der Waals surface area contributed by atoms with Crippen LogP contribution < -0.4 is 5.32 Å². The van der Waals surface area contributed by atoms with Crippen LogP contribution in [0.5, 0.6) is 0 Å². The highest BCUT2D eigenvalue weighted by atomic mass is 16.4. The largest absolute Gasteiger partial charge is 0.480 e. The minimum absolute atomic E-state index is 0.160. The fourth-order valence-electron chi connectivity index (χ4n) is 1.93. The molecule has 2 amide bonds. The van der Waals surface area contributed by atoms with Gasteiger partial charge in [-0.25, -0.2) is 4.79 Å². The van der Waals surface area contributed by atoms with E-state index in [1.807, 2.05) is 0 Å². The third-order valence-electron chi connectivity index (χ3n) is 3.07. The fraction of sp³-hybridized carbons (Fsp3) is 0.727. The Morgan fingerprint density at radius 3 is 2.47 bits per heavy atom. The second-order valence-corrected chi connectivity index (χ2v) is 4.61. The Kier molecular flexibility index (Phi) is 3.75. The van der Waals surface area contributed by atoms with Crippen LogP contribution >= 0.6 is 0 Å². The highest BCUT2D eigenvalue weighted by Gasteiger charge is 2.40. The Balaban J connectivity index is 2.84. The lowest BCUT2D eigenvalue weighted by Crippen LogP contribution is -2.57. The van der Waals surface area contributed by atoms with Gasteiger partial charge in [-0.3, -0.25) is 9.59 Å². The van der Waals surface area contributed by atoms with Crippen LogP contribution in [0.4, 0.5) is 0 Å². The molecule has 0 bridgehead atoms. The Hall–Kier alpha value is -1.59. The molecular weight excluding hydrogens is 224 g/mol. The number of rotatable bonds is 4. The molecule has 1 rings (SSSR count). The van der Waals surface area contributed by atoms with E-state index in [1.165, 1.54) is 18.7 Å². The maximum atomic E-state index is 12.1. The average molecular weight is 242 g/mol. The Morgan fingerprint density at radius 2 is 2.12 bits per heavy atom. The van der Waals surface area contributed by atoms with Crippen molar-refractivity contribution in [3.63, 3.8) is 0 Å². The number of nitrogens with one attached hydrogen (secondary N) is 1. The lowest BCUT2D eigenvalue weighted by Gasteiger charge is -2.35. The normalized spacial score (nSPS) is 19.9. The molecule has 1 heterocycles. The summed E-state index contributed by atoms with van der Waals surface area (Å²) in [6.07, 6.45) is 0.755. The number of nitrogens with zero attached hydrogens (tertiary/aromatic N) is 1. The minimum atomic E-state index is -1.26. The molecule has 0 aromatic heterocycles. The summed E-state index contributed by atoms with van der Waals surface area (Å²) in [5, 5.41) is 11.7. The van der Waals surface area contributed by atoms with E-state index >= 15 is 0 Å². The zero-order valence-electron chi connectivity index (χ0n) is 10.3. The maximum absolute atomic E-state index is 12.1. The molecule has 6 nitrogen and oxygen atoms in total. The quantitative estimate of drug-likeness (QED) is 0.725. The van der Waals surface area contributed by atoms with Crippen molar-refractivity contribution in [2.45, 2.75) is 45.2 Å². The van der Waals surface area contributed by atoms with Crippen molar-refractivity contribution >= 4 is 17.8 Å². The molecule has 0 aliphatic carbocycles. The number of amides is 2. The molecule has 0 aromatic carbocycles. The molecule has 0 unspecified atom stereocenters. The van der Waals surface area contributed by atoms with Crippen molar-refractivity contribution in [2.75, 3.05) is 6.54 Å². The van der Waals surface area contributed by atoms with Crippen molar-refractivity contribution in [3.05, 3.63) is 0 Å². The number of carboxylic acids is 1. The highest BCUT2D eigenvalue weighted by molar-refractivity contribution is 5.93. The average Bonchev–Trinajstić information content (AvgIpc) is 2.65. The molecule has 1 aliphatic heterocycles. The molecule has 96 valence electrons. The summed E-state index contributed by atoms with van der Waals surface area (Å²) in [6, 6.07) is -0.582. The second kappa shape index (κ2) is 4.73. The first-order valence-corrected chi connectivity index (χ1v) is 5.65. The molecule has 0 radical (unpaired) electrons. The van der Waals surface area contributed by atoms with E-state index in [-0.39, 0.29) is 11.8 Å². The fourth-order valence-corrected chi connectivity index (χ4v) is 1.93. The molecule has 6 heteroatoms. The van der Waals surface area contributed by atoms with Crippen molar-refractivity contribution < 1.29 is 19.5 Å². The molecular formula is C11H18N2O4. The predicted octanol–water partition coefficient (Wildman–Crippen LogP) is -0.0233. The SMILES string of the molecule is CCN(C(=O)[C@@H]1CCC(=O)N1)C(C)(C)C(=O)O. The van der Waals surface area contributed by atoms with E-state index in [1.54, 1.807) is 6.92 Å². The lowest BCUT2D eigenvalue weighted by atomic mass is 10.0. The molecule has 17 heavy (non-hydrogen) atoms. The van der Waals surface area contributed by atoms with Gasteiger partial charge >= 0.3 is 5.97 Å². The molecule has 1 saturated heterocycles. The standard InChI is InChI=1S/C11H18N2O4/c1-4-13(11(2,3)10(16)17)9(15)7-5-6-8(14)12-7/h7H,4-6H2,1-3H3,(H,12,14)(H,16,17)/t7-/m0/s1. The van der Waals surface area contributed by atoms with Gasteiger partial charge in [-0.2, -0.15) is 0 Å². The number of aliphatic carboxylic acids is 1. The molecule has 0 aromatic rings. The van der Waals surface area contributed by atoms with Gasteiger partial charge in [0.05, 0.1) is 0 Å². The summed E-state index contributed by atoms with van der Waals surface area (Å²) < 4.78 is 0. The van der Waals surface area contributed by atoms with Crippen LogP contribution in [-0.2, 0) is 14.4 Å². The predicted molar refractivity (Wildman–Crippen MR) is 60.3 cm³/mol. The minimum Gasteiger partial charge on any atom is -0.480 e.